The van der Waals surface area contributed by atoms with Crippen LogP contribution in [0.3, 0.4) is 0 Å². The van der Waals surface area contributed by atoms with Gasteiger partial charge in [-0.1, -0.05) is 15.9 Å². The second kappa shape index (κ2) is 5.76. The number of piperidine rings is 1. The van der Waals surface area contributed by atoms with Crippen molar-refractivity contribution in [3.63, 3.8) is 0 Å². The summed E-state index contributed by atoms with van der Waals surface area (Å²) in [5, 5.41) is 0. The van der Waals surface area contributed by atoms with E-state index < -0.39 is 0 Å². The Kier molecular flexibility index (Phi) is 4.01. The number of halogens is 1. The number of amides is 1. The molecular formula is C16H20BrNO2. The van der Waals surface area contributed by atoms with Crippen molar-refractivity contribution in [2.24, 2.45) is 0 Å². The maximum atomic E-state index is 12.7. The van der Waals surface area contributed by atoms with E-state index in [0.29, 0.717) is 23.5 Å². The van der Waals surface area contributed by atoms with Crippen LogP contribution in [0.5, 0.6) is 5.75 Å². The summed E-state index contributed by atoms with van der Waals surface area (Å²) in [4.78, 5) is 15.4. The fourth-order valence-corrected chi connectivity index (χ4v) is 4.31. The van der Waals surface area contributed by atoms with Gasteiger partial charge in [0.15, 0.2) is 0 Å². The molecule has 2 saturated heterocycles. The van der Waals surface area contributed by atoms with Gasteiger partial charge in [-0.3, -0.25) is 4.79 Å². The molecule has 1 aromatic carbocycles. The number of fused-ring (bicyclic) bond motifs is 2. The van der Waals surface area contributed by atoms with Crippen molar-refractivity contribution >= 4 is 21.8 Å². The molecule has 2 aliphatic heterocycles. The summed E-state index contributed by atoms with van der Waals surface area (Å²) >= 11 is 3.71. The monoisotopic (exact) mass is 337 g/mol. The fourth-order valence-electron chi connectivity index (χ4n) is 3.45. The predicted octanol–water partition coefficient (Wildman–Crippen LogP) is 3.62. The predicted molar refractivity (Wildman–Crippen MR) is 82.5 cm³/mol. The molecule has 0 radical (unpaired) electrons. The van der Waals surface area contributed by atoms with Gasteiger partial charge in [0.25, 0.3) is 5.91 Å². The smallest absolute Gasteiger partial charge is 0.254 e. The van der Waals surface area contributed by atoms with Crippen LogP contribution in [0, 0.1) is 0 Å². The second-order valence-electron chi connectivity index (χ2n) is 5.62. The van der Waals surface area contributed by atoms with Gasteiger partial charge in [0.1, 0.15) is 5.75 Å². The van der Waals surface area contributed by atoms with Crippen molar-refractivity contribution in [1.29, 1.82) is 0 Å². The number of carbonyl (C=O) groups is 1. The molecule has 20 heavy (non-hydrogen) atoms. The molecule has 3 nitrogen and oxygen atoms in total. The van der Waals surface area contributed by atoms with E-state index in [1.807, 2.05) is 31.2 Å². The molecule has 2 bridgehead atoms. The van der Waals surface area contributed by atoms with Gasteiger partial charge in [-0.05, 0) is 56.9 Å². The Morgan fingerprint density at radius 2 is 1.85 bits per heavy atom. The quantitative estimate of drug-likeness (QED) is 0.788. The summed E-state index contributed by atoms with van der Waals surface area (Å²) in [7, 11) is 0. The van der Waals surface area contributed by atoms with E-state index >= 15 is 0 Å². The summed E-state index contributed by atoms with van der Waals surface area (Å²) in [6.45, 7) is 2.61. The molecule has 0 saturated carbocycles. The molecule has 2 aliphatic rings. The van der Waals surface area contributed by atoms with Crippen LogP contribution in [0.15, 0.2) is 24.3 Å². The number of hydrogen-bond donors (Lipinski definition) is 0. The van der Waals surface area contributed by atoms with E-state index in [9.17, 15) is 4.79 Å². The highest BCUT2D eigenvalue weighted by Crippen LogP contribution is 2.39. The van der Waals surface area contributed by atoms with Crippen molar-refractivity contribution in [3.05, 3.63) is 29.8 Å². The lowest BCUT2D eigenvalue weighted by Crippen LogP contribution is -2.46. The molecule has 2 unspecified atom stereocenters. The maximum Gasteiger partial charge on any atom is 0.254 e. The summed E-state index contributed by atoms with van der Waals surface area (Å²) in [5.74, 6) is 1.01. The molecule has 2 fully saturated rings. The maximum absolute atomic E-state index is 12.7. The van der Waals surface area contributed by atoms with Gasteiger partial charge < -0.3 is 9.64 Å². The Morgan fingerprint density at radius 3 is 2.40 bits per heavy atom. The standard InChI is InChI=1S/C16H20BrNO2/c1-2-20-15-7-3-11(4-8-15)16(19)18-13-5-6-14(18)10-12(17)9-13/h3-4,7-8,12-14H,2,5-6,9-10H2,1H3. The molecule has 108 valence electrons. The molecule has 4 heteroatoms. The highest BCUT2D eigenvalue weighted by molar-refractivity contribution is 9.09. The molecule has 2 atom stereocenters. The third-order valence-corrected chi connectivity index (χ3v) is 5.07. The van der Waals surface area contributed by atoms with Crippen LogP contribution >= 0.6 is 15.9 Å². The highest BCUT2D eigenvalue weighted by atomic mass is 79.9. The highest BCUT2D eigenvalue weighted by Gasteiger charge is 2.42. The molecule has 0 N–H and O–H groups in total. The minimum atomic E-state index is 0.181. The van der Waals surface area contributed by atoms with E-state index in [2.05, 4.69) is 20.8 Å². The first-order chi connectivity index (χ1) is 9.69. The summed E-state index contributed by atoms with van der Waals surface area (Å²) in [6.07, 6.45) is 4.46. The van der Waals surface area contributed by atoms with Crippen LogP contribution in [0.1, 0.15) is 43.0 Å². The van der Waals surface area contributed by atoms with Gasteiger partial charge in [-0.2, -0.15) is 0 Å². The zero-order chi connectivity index (χ0) is 14.1. The van der Waals surface area contributed by atoms with E-state index in [-0.39, 0.29) is 5.91 Å². The minimum absolute atomic E-state index is 0.181. The van der Waals surface area contributed by atoms with Gasteiger partial charge >= 0.3 is 0 Å². The van der Waals surface area contributed by atoms with Gasteiger partial charge in [0.2, 0.25) is 0 Å². The van der Waals surface area contributed by atoms with Crippen molar-refractivity contribution in [2.45, 2.75) is 49.5 Å². The second-order valence-corrected chi connectivity index (χ2v) is 6.92. The van der Waals surface area contributed by atoms with Gasteiger partial charge in [-0.25, -0.2) is 0 Å². The number of hydrogen-bond acceptors (Lipinski definition) is 2. The van der Waals surface area contributed by atoms with Crippen molar-refractivity contribution in [3.8, 4) is 5.75 Å². The number of ether oxygens (including phenoxy) is 1. The summed E-state index contributed by atoms with van der Waals surface area (Å²) in [5.41, 5.74) is 0.776. The Morgan fingerprint density at radius 1 is 1.25 bits per heavy atom. The summed E-state index contributed by atoms with van der Waals surface area (Å²) < 4.78 is 5.42. The first kappa shape index (κ1) is 13.9. The van der Waals surface area contributed by atoms with Gasteiger partial charge in [0.05, 0.1) is 6.61 Å². The molecule has 2 heterocycles. The van der Waals surface area contributed by atoms with Crippen molar-refractivity contribution < 1.29 is 9.53 Å². The number of benzene rings is 1. The number of nitrogens with zero attached hydrogens (tertiary/aromatic N) is 1. The van der Waals surface area contributed by atoms with Crippen LogP contribution < -0.4 is 4.74 Å². The lowest BCUT2D eigenvalue weighted by molar-refractivity contribution is 0.0603. The first-order valence-electron chi connectivity index (χ1n) is 7.38. The molecule has 0 aliphatic carbocycles. The Labute approximate surface area is 128 Å². The average Bonchev–Trinajstić information content (AvgIpc) is 2.71. The van der Waals surface area contributed by atoms with E-state index in [1.165, 1.54) is 0 Å². The first-order valence-corrected chi connectivity index (χ1v) is 8.30. The fraction of sp³-hybridized carbons (Fsp3) is 0.562. The van der Waals surface area contributed by atoms with Gasteiger partial charge in [0, 0.05) is 22.5 Å². The molecule has 1 aromatic rings. The van der Waals surface area contributed by atoms with Crippen molar-refractivity contribution in [2.75, 3.05) is 6.61 Å². The summed E-state index contributed by atoms with van der Waals surface area (Å²) in [6, 6.07) is 8.36. The Hall–Kier alpha value is -1.03. The molecule has 3 rings (SSSR count). The lowest BCUT2D eigenvalue weighted by atomic mass is 10.0. The third kappa shape index (κ3) is 2.58. The van der Waals surface area contributed by atoms with Crippen LogP contribution in [0.4, 0.5) is 0 Å². The normalized spacial score (nSPS) is 28.5. The largest absolute Gasteiger partial charge is 0.494 e. The van der Waals surface area contributed by atoms with Crippen LogP contribution in [-0.2, 0) is 0 Å². The zero-order valence-electron chi connectivity index (χ0n) is 11.7. The number of rotatable bonds is 3. The number of carbonyl (C=O) groups excluding carboxylic acids is 1. The average molecular weight is 338 g/mol. The SMILES string of the molecule is CCOc1ccc(C(=O)N2C3CCC2CC(Br)C3)cc1. The Balaban J connectivity index is 1.76. The minimum Gasteiger partial charge on any atom is -0.494 e. The lowest BCUT2D eigenvalue weighted by Gasteiger charge is -2.37. The topological polar surface area (TPSA) is 29.5 Å². The van der Waals surface area contributed by atoms with E-state index in [1.54, 1.807) is 0 Å². The zero-order valence-corrected chi connectivity index (χ0v) is 13.3. The number of alkyl halides is 1. The van der Waals surface area contributed by atoms with E-state index in [0.717, 1.165) is 37.0 Å². The molecule has 1 amide bonds. The molecule has 0 spiro atoms. The molecule has 0 aromatic heterocycles. The van der Waals surface area contributed by atoms with E-state index in [4.69, 9.17) is 4.74 Å². The molecular weight excluding hydrogens is 318 g/mol. The third-order valence-electron chi connectivity index (χ3n) is 4.32. The van der Waals surface area contributed by atoms with Crippen LogP contribution in [0.2, 0.25) is 0 Å². The van der Waals surface area contributed by atoms with Gasteiger partial charge in [-0.15, -0.1) is 0 Å². The van der Waals surface area contributed by atoms with Crippen LogP contribution in [0.25, 0.3) is 0 Å². The van der Waals surface area contributed by atoms with Crippen LogP contribution in [-0.4, -0.2) is 34.3 Å². The van der Waals surface area contributed by atoms with Crippen molar-refractivity contribution in [1.82, 2.24) is 4.90 Å². The Bertz CT molecular complexity index is 474.